The Morgan fingerprint density at radius 3 is 2.67 bits per heavy atom. The first-order chi connectivity index (χ1) is 20.1. The van der Waals surface area contributed by atoms with Gasteiger partial charge in [-0.2, -0.15) is 5.10 Å². The number of amides is 1. The minimum absolute atomic E-state index is 0.0218. The molecule has 3 aliphatic carbocycles. The molecule has 0 radical (unpaired) electrons. The summed E-state index contributed by atoms with van der Waals surface area (Å²) in [5.74, 6) is 1.49. The van der Waals surface area contributed by atoms with Crippen LogP contribution < -0.4 is 20.9 Å². The van der Waals surface area contributed by atoms with Gasteiger partial charge in [0.05, 0.1) is 24.7 Å². The third kappa shape index (κ3) is 5.86. The maximum absolute atomic E-state index is 13.0. The molecular weight excluding hydrogens is 558 g/mol. The number of halogens is 1. The highest BCUT2D eigenvalue weighted by Gasteiger charge is 2.56. The van der Waals surface area contributed by atoms with Gasteiger partial charge >= 0.3 is 5.97 Å². The number of ether oxygens (including phenoxy) is 2. The number of esters is 1. The molecule has 222 valence electrons. The fourth-order valence-electron chi connectivity index (χ4n) is 6.30. The maximum atomic E-state index is 13.0. The van der Waals surface area contributed by atoms with Crippen LogP contribution in [0.3, 0.4) is 0 Å². The van der Waals surface area contributed by atoms with E-state index in [9.17, 15) is 14.4 Å². The van der Waals surface area contributed by atoms with Gasteiger partial charge in [0.25, 0.3) is 5.56 Å². The van der Waals surface area contributed by atoms with Crippen molar-refractivity contribution in [2.24, 2.45) is 23.2 Å². The van der Waals surface area contributed by atoms with Gasteiger partial charge in [-0.15, -0.1) is 0 Å². The molecule has 10 nitrogen and oxygen atoms in total. The zero-order chi connectivity index (χ0) is 30.0. The Balaban J connectivity index is 1.21. The molecule has 3 fully saturated rings. The van der Waals surface area contributed by atoms with Crippen molar-refractivity contribution in [3.8, 4) is 11.5 Å². The van der Waals surface area contributed by atoms with Crippen molar-refractivity contribution in [3.05, 3.63) is 75.4 Å². The number of nitrogens with zero attached hydrogens (tertiary/aromatic N) is 3. The van der Waals surface area contributed by atoms with E-state index in [0.717, 1.165) is 11.1 Å². The van der Waals surface area contributed by atoms with E-state index in [4.69, 9.17) is 21.1 Å². The average Bonchev–Trinajstić information content (AvgIpc) is 2.97. The number of fused-ring (bicyclic) bond motifs is 2. The first kappa shape index (κ1) is 29.6. The quantitative estimate of drug-likeness (QED) is 0.313. The number of rotatable bonds is 10. The summed E-state index contributed by atoms with van der Waals surface area (Å²) in [6, 6.07) is 8.64. The Morgan fingerprint density at radius 1 is 1.14 bits per heavy atom. The standard InChI is InChI=1S/C31H36ClN5O5/c1-5-41-30(40)21-8-6-7-9-25(21)42-26-16-33-11-10-19(26)14-34-27(38)17-37-29(39)28(32)24(15-35-37)36-23-13-20-12-22(18(23)2)31(20,3)4/h6-11,15-16,18,20,22-23,36H,5,12-14,17H2,1-4H3,(H,34,38)/t18-,20+,22-,23-/m1/s1. The van der Waals surface area contributed by atoms with Crippen LogP contribution in [0.25, 0.3) is 0 Å². The van der Waals surface area contributed by atoms with E-state index >= 15 is 0 Å². The molecule has 1 amide bonds. The molecule has 11 heteroatoms. The number of anilines is 1. The summed E-state index contributed by atoms with van der Waals surface area (Å²) >= 11 is 6.45. The summed E-state index contributed by atoms with van der Waals surface area (Å²) in [4.78, 5) is 42.2. The first-order valence-corrected chi connectivity index (χ1v) is 14.6. The smallest absolute Gasteiger partial charge is 0.341 e. The van der Waals surface area contributed by atoms with Crippen molar-refractivity contribution in [2.45, 2.75) is 59.7 Å². The van der Waals surface area contributed by atoms with Gasteiger partial charge in [-0.1, -0.05) is 44.5 Å². The number of benzene rings is 1. The molecule has 1 aromatic carbocycles. The van der Waals surface area contributed by atoms with Crippen LogP contribution in [0, 0.1) is 23.2 Å². The third-order valence-corrected chi connectivity index (χ3v) is 9.29. The predicted molar refractivity (Wildman–Crippen MR) is 159 cm³/mol. The van der Waals surface area contributed by atoms with E-state index in [2.05, 4.69) is 41.5 Å². The molecule has 3 saturated carbocycles. The lowest BCUT2D eigenvalue weighted by Crippen LogP contribution is -2.58. The first-order valence-electron chi connectivity index (χ1n) is 14.3. The van der Waals surface area contributed by atoms with Crippen LogP contribution in [0.2, 0.25) is 5.02 Å². The van der Waals surface area contributed by atoms with Crippen LogP contribution in [0.5, 0.6) is 11.5 Å². The molecule has 2 heterocycles. The molecule has 2 N–H and O–H groups in total. The number of pyridine rings is 1. The molecule has 4 atom stereocenters. The van der Waals surface area contributed by atoms with E-state index in [0.29, 0.717) is 45.9 Å². The second-order valence-electron chi connectivity index (χ2n) is 11.6. The zero-order valence-electron chi connectivity index (χ0n) is 24.2. The monoisotopic (exact) mass is 593 g/mol. The van der Waals surface area contributed by atoms with E-state index in [-0.39, 0.29) is 36.3 Å². The third-order valence-electron chi connectivity index (χ3n) is 8.92. The normalized spacial score (nSPS) is 22.0. The Kier molecular flexibility index (Phi) is 8.54. The predicted octanol–water partition coefficient (Wildman–Crippen LogP) is 5.06. The molecule has 0 saturated heterocycles. The molecule has 3 aromatic rings. The van der Waals surface area contributed by atoms with Gasteiger partial charge < -0.3 is 20.1 Å². The summed E-state index contributed by atoms with van der Waals surface area (Å²) in [6.45, 7) is 8.69. The lowest BCUT2D eigenvalue weighted by molar-refractivity contribution is -0.122. The van der Waals surface area contributed by atoms with Crippen molar-refractivity contribution < 1.29 is 19.1 Å². The van der Waals surface area contributed by atoms with E-state index in [1.165, 1.54) is 18.8 Å². The van der Waals surface area contributed by atoms with E-state index in [1.807, 2.05) is 0 Å². The lowest BCUT2D eigenvalue weighted by atomic mass is 9.45. The summed E-state index contributed by atoms with van der Waals surface area (Å²) in [6.07, 6.45) is 6.87. The molecule has 2 aromatic heterocycles. The van der Waals surface area contributed by atoms with Crippen molar-refractivity contribution in [2.75, 3.05) is 11.9 Å². The molecule has 3 aliphatic rings. The van der Waals surface area contributed by atoms with Crippen LogP contribution in [-0.4, -0.2) is 39.3 Å². The van der Waals surface area contributed by atoms with Gasteiger partial charge in [-0.05, 0) is 61.1 Å². The highest BCUT2D eigenvalue weighted by molar-refractivity contribution is 6.32. The van der Waals surface area contributed by atoms with Gasteiger partial charge in [-0.25, -0.2) is 9.48 Å². The number of para-hydroxylation sites is 1. The van der Waals surface area contributed by atoms with Gasteiger partial charge in [0, 0.05) is 24.3 Å². The van der Waals surface area contributed by atoms with Crippen LogP contribution in [-0.2, 0) is 22.6 Å². The van der Waals surface area contributed by atoms with Crippen LogP contribution >= 0.6 is 11.6 Å². The molecule has 42 heavy (non-hydrogen) atoms. The molecule has 0 unspecified atom stereocenters. The highest BCUT2D eigenvalue weighted by atomic mass is 35.5. The van der Waals surface area contributed by atoms with E-state index in [1.54, 1.807) is 43.5 Å². The second kappa shape index (κ2) is 12.1. The summed E-state index contributed by atoms with van der Waals surface area (Å²) in [7, 11) is 0. The molecule has 2 bridgehead atoms. The highest BCUT2D eigenvalue weighted by Crippen LogP contribution is 2.61. The topological polar surface area (TPSA) is 124 Å². The minimum Gasteiger partial charge on any atom is -0.462 e. The van der Waals surface area contributed by atoms with Crippen molar-refractivity contribution in [3.63, 3.8) is 0 Å². The van der Waals surface area contributed by atoms with Crippen molar-refractivity contribution >= 4 is 29.2 Å². The zero-order valence-corrected chi connectivity index (χ0v) is 25.0. The number of carbonyl (C=O) groups is 2. The van der Waals surface area contributed by atoms with Gasteiger partial charge in [0.2, 0.25) is 5.91 Å². The lowest BCUT2D eigenvalue weighted by Gasteiger charge is -2.62. The maximum Gasteiger partial charge on any atom is 0.341 e. The minimum atomic E-state index is -0.533. The Bertz CT molecular complexity index is 1540. The van der Waals surface area contributed by atoms with E-state index < -0.39 is 17.4 Å². The SMILES string of the molecule is CCOC(=O)c1ccccc1Oc1cnccc1CNC(=O)Cn1ncc(N[C@@H]2C[C@@H]3C[C@H]([C@H]2C)C3(C)C)c(Cl)c1=O. The van der Waals surface area contributed by atoms with Crippen LogP contribution in [0.15, 0.2) is 53.7 Å². The Labute approximate surface area is 249 Å². The number of carbonyl (C=O) groups excluding carboxylic acids is 2. The summed E-state index contributed by atoms with van der Waals surface area (Å²) in [5, 5.41) is 10.5. The van der Waals surface area contributed by atoms with Gasteiger partial charge in [0.1, 0.15) is 22.9 Å². The number of hydrogen-bond acceptors (Lipinski definition) is 8. The Hall–Kier alpha value is -3.92. The second-order valence-corrected chi connectivity index (χ2v) is 12.0. The molecule has 0 spiro atoms. The fourth-order valence-corrected chi connectivity index (χ4v) is 6.50. The number of hydrogen-bond donors (Lipinski definition) is 2. The van der Waals surface area contributed by atoms with Crippen molar-refractivity contribution in [1.82, 2.24) is 20.1 Å². The number of aromatic nitrogens is 3. The summed E-state index contributed by atoms with van der Waals surface area (Å²) < 4.78 is 12.2. The largest absolute Gasteiger partial charge is 0.462 e. The molecule has 6 rings (SSSR count). The molecular formula is C31H36ClN5O5. The Morgan fingerprint density at radius 2 is 1.93 bits per heavy atom. The fraction of sp³-hybridized carbons (Fsp3) is 0.452. The number of nitrogens with one attached hydrogen (secondary N) is 2. The molecule has 0 aliphatic heterocycles. The summed E-state index contributed by atoms with van der Waals surface area (Å²) in [5.41, 5.74) is 1.21. The van der Waals surface area contributed by atoms with Gasteiger partial charge in [-0.3, -0.25) is 14.6 Å². The average molecular weight is 594 g/mol. The van der Waals surface area contributed by atoms with Crippen LogP contribution in [0.1, 0.15) is 56.5 Å². The van der Waals surface area contributed by atoms with Gasteiger partial charge in [0.15, 0.2) is 5.75 Å². The van der Waals surface area contributed by atoms with Crippen molar-refractivity contribution in [1.29, 1.82) is 0 Å². The van der Waals surface area contributed by atoms with Crippen LogP contribution in [0.4, 0.5) is 5.69 Å².